The molecule has 8 heteroatoms. The largest absolute Gasteiger partial charge is 0.394 e. The van der Waals surface area contributed by atoms with Gasteiger partial charge in [-0.3, -0.25) is 0 Å². The molecule has 21 heavy (non-hydrogen) atoms. The molecule has 1 rings (SSSR count). The lowest BCUT2D eigenvalue weighted by molar-refractivity contribution is -0.302. The fourth-order valence-corrected chi connectivity index (χ4v) is 1.78. The van der Waals surface area contributed by atoms with Gasteiger partial charge in [-0.25, -0.2) is 0 Å². The SMILES string of the molecule is C#CCOCCOCCO[C@H]1O[C@H](CO)[C@@H](O)[C@H](O)[C@@H]1O. The van der Waals surface area contributed by atoms with E-state index < -0.39 is 37.3 Å². The topological polar surface area (TPSA) is 118 Å². The van der Waals surface area contributed by atoms with E-state index in [-0.39, 0.29) is 19.8 Å². The first-order chi connectivity index (χ1) is 10.1. The van der Waals surface area contributed by atoms with E-state index in [2.05, 4.69) is 5.92 Å². The van der Waals surface area contributed by atoms with Crippen LogP contribution in [0.4, 0.5) is 0 Å². The van der Waals surface area contributed by atoms with Crippen molar-refractivity contribution in [1.29, 1.82) is 0 Å². The van der Waals surface area contributed by atoms with Gasteiger partial charge in [0.15, 0.2) is 6.29 Å². The third-order valence-corrected chi connectivity index (χ3v) is 2.92. The number of hydrogen-bond donors (Lipinski definition) is 4. The van der Waals surface area contributed by atoms with Gasteiger partial charge in [0.05, 0.1) is 33.0 Å². The number of aliphatic hydroxyl groups excluding tert-OH is 4. The fraction of sp³-hybridized carbons (Fsp3) is 0.846. The number of ether oxygens (including phenoxy) is 4. The van der Waals surface area contributed by atoms with Gasteiger partial charge in [0, 0.05) is 0 Å². The van der Waals surface area contributed by atoms with Gasteiger partial charge in [0.2, 0.25) is 0 Å². The van der Waals surface area contributed by atoms with Crippen LogP contribution in [-0.2, 0) is 18.9 Å². The summed E-state index contributed by atoms with van der Waals surface area (Å²) in [5.74, 6) is 2.32. The number of aliphatic hydroxyl groups is 4. The van der Waals surface area contributed by atoms with E-state index in [0.717, 1.165) is 0 Å². The van der Waals surface area contributed by atoms with Gasteiger partial charge in [0.1, 0.15) is 31.0 Å². The molecule has 0 aromatic rings. The Morgan fingerprint density at radius 1 is 0.952 bits per heavy atom. The van der Waals surface area contributed by atoms with Crippen molar-refractivity contribution in [2.75, 3.05) is 39.6 Å². The average molecular weight is 306 g/mol. The summed E-state index contributed by atoms with van der Waals surface area (Å²) in [6.45, 7) is 0.786. The van der Waals surface area contributed by atoms with Crippen molar-refractivity contribution in [3.63, 3.8) is 0 Å². The Kier molecular flexibility index (Phi) is 8.75. The van der Waals surface area contributed by atoms with Crippen LogP contribution in [0.3, 0.4) is 0 Å². The van der Waals surface area contributed by atoms with Crippen LogP contribution in [0.15, 0.2) is 0 Å². The zero-order valence-corrected chi connectivity index (χ0v) is 11.6. The first kappa shape index (κ1) is 18.3. The average Bonchev–Trinajstić information content (AvgIpc) is 2.49. The van der Waals surface area contributed by atoms with Crippen molar-refractivity contribution < 1.29 is 39.4 Å². The van der Waals surface area contributed by atoms with Crippen molar-refractivity contribution in [1.82, 2.24) is 0 Å². The minimum absolute atomic E-state index is 0.109. The molecule has 1 aliphatic rings. The highest BCUT2D eigenvalue weighted by atomic mass is 16.7. The predicted octanol–water partition coefficient (Wildman–Crippen LogP) is -2.53. The molecule has 0 amide bonds. The summed E-state index contributed by atoms with van der Waals surface area (Å²) in [4.78, 5) is 0. The molecule has 8 nitrogen and oxygen atoms in total. The van der Waals surface area contributed by atoms with Gasteiger partial charge in [-0.15, -0.1) is 6.42 Å². The van der Waals surface area contributed by atoms with E-state index in [1.807, 2.05) is 0 Å². The smallest absolute Gasteiger partial charge is 0.186 e. The summed E-state index contributed by atoms with van der Waals surface area (Å²) < 4.78 is 20.6. The first-order valence-electron chi connectivity index (χ1n) is 6.63. The van der Waals surface area contributed by atoms with E-state index in [1.165, 1.54) is 0 Å². The maximum Gasteiger partial charge on any atom is 0.186 e. The summed E-state index contributed by atoms with van der Waals surface area (Å²) in [5, 5.41) is 37.9. The van der Waals surface area contributed by atoms with Crippen molar-refractivity contribution in [2.45, 2.75) is 30.7 Å². The Balaban J connectivity index is 2.17. The minimum atomic E-state index is -1.45. The summed E-state index contributed by atoms with van der Waals surface area (Å²) in [6.07, 6.45) is -1.36. The molecule has 0 spiro atoms. The highest BCUT2D eigenvalue weighted by Crippen LogP contribution is 2.21. The summed E-state index contributed by atoms with van der Waals surface area (Å²) in [7, 11) is 0. The molecule has 0 saturated carbocycles. The first-order valence-corrected chi connectivity index (χ1v) is 6.63. The minimum Gasteiger partial charge on any atom is -0.394 e. The normalized spacial score (nSPS) is 32.8. The zero-order valence-electron chi connectivity index (χ0n) is 11.6. The van der Waals surface area contributed by atoms with Crippen LogP contribution in [0.2, 0.25) is 0 Å². The lowest BCUT2D eigenvalue weighted by atomic mass is 9.99. The predicted molar refractivity (Wildman–Crippen MR) is 70.2 cm³/mol. The van der Waals surface area contributed by atoms with Crippen LogP contribution in [0.1, 0.15) is 0 Å². The Hall–Kier alpha value is -0.760. The van der Waals surface area contributed by atoms with E-state index in [0.29, 0.717) is 13.2 Å². The van der Waals surface area contributed by atoms with Gasteiger partial charge in [-0.1, -0.05) is 5.92 Å². The van der Waals surface area contributed by atoms with Crippen LogP contribution in [0, 0.1) is 12.3 Å². The van der Waals surface area contributed by atoms with Crippen LogP contribution in [0.5, 0.6) is 0 Å². The van der Waals surface area contributed by atoms with Gasteiger partial charge in [-0.2, -0.15) is 0 Å². The Morgan fingerprint density at radius 2 is 1.62 bits per heavy atom. The molecular weight excluding hydrogens is 284 g/mol. The Labute approximate surface area is 123 Å². The number of terminal acetylenes is 1. The summed E-state index contributed by atoms with van der Waals surface area (Å²) in [6, 6.07) is 0. The Bertz CT molecular complexity index is 316. The molecular formula is C13H22O8. The number of rotatable bonds is 9. The molecule has 0 radical (unpaired) electrons. The lowest BCUT2D eigenvalue weighted by Gasteiger charge is -2.39. The van der Waals surface area contributed by atoms with Gasteiger partial charge >= 0.3 is 0 Å². The third-order valence-electron chi connectivity index (χ3n) is 2.92. The Morgan fingerprint density at radius 3 is 2.29 bits per heavy atom. The second kappa shape index (κ2) is 10.0. The molecule has 1 fully saturated rings. The van der Waals surface area contributed by atoms with Crippen LogP contribution < -0.4 is 0 Å². The molecule has 1 saturated heterocycles. The lowest BCUT2D eigenvalue weighted by Crippen LogP contribution is -2.59. The number of hydrogen-bond acceptors (Lipinski definition) is 8. The van der Waals surface area contributed by atoms with E-state index in [1.54, 1.807) is 0 Å². The molecule has 0 bridgehead atoms. The van der Waals surface area contributed by atoms with Crippen LogP contribution >= 0.6 is 0 Å². The maximum absolute atomic E-state index is 9.70. The second-order valence-electron chi connectivity index (χ2n) is 4.44. The summed E-state index contributed by atoms with van der Waals surface area (Å²) >= 11 is 0. The van der Waals surface area contributed by atoms with E-state index >= 15 is 0 Å². The van der Waals surface area contributed by atoms with Crippen molar-refractivity contribution in [2.24, 2.45) is 0 Å². The second-order valence-corrected chi connectivity index (χ2v) is 4.44. The molecule has 1 aliphatic heterocycles. The zero-order chi connectivity index (χ0) is 15.7. The maximum atomic E-state index is 9.70. The van der Waals surface area contributed by atoms with Crippen molar-refractivity contribution in [3.8, 4) is 12.3 Å². The van der Waals surface area contributed by atoms with Crippen molar-refractivity contribution in [3.05, 3.63) is 0 Å². The van der Waals surface area contributed by atoms with E-state index in [9.17, 15) is 15.3 Å². The fourth-order valence-electron chi connectivity index (χ4n) is 1.78. The highest BCUT2D eigenvalue weighted by Gasteiger charge is 2.43. The molecule has 0 unspecified atom stereocenters. The van der Waals surface area contributed by atoms with E-state index in [4.69, 9.17) is 30.5 Å². The van der Waals surface area contributed by atoms with Crippen molar-refractivity contribution >= 4 is 0 Å². The van der Waals surface area contributed by atoms with Gasteiger partial charge < -0.3 is 39.4 Å². The van der Waals surface area contributed by atoms with Gasteiger partial charge in [0.25, 0.3) is 0 Å². The molecule has 0 aliphatic carbocycles. The van der Waals surface area contributed by atoms with Crippen LogP contribution in [0.25, 0.3) is 0 Å². The highest BCUT2D eigenvalue weighted by molar-refractivity contribution is 4.88. The molecule has 5 atom stereocenters. The molecule has 1 heterocycles. The standard InChI is InChI=1S/C13H22O8/c1-2-3-18-4-5-19-6-7-20-13-12(17)11(16)10(15)9(8-14)21-13/h1,9-17H,3-8H2/t9-,10-,11+,12+,13+/m1/s1. The van der Waals surface area contributed by atoms with Crippen LogP contribution in [-0.4, -0.2) is 90.8 Å². The molecule has 0 aromatic heterocycles. The van der Waals surface area contributed by atoms with Gasteiger partial charge in [-0.05, 0) is 0 Å². The summed E-state index contributed by atoms with van der Waals surface area (Å²) in [5.41, 5.74) is 0. The quantitative estimate of drug-likeness (QED) is 0.272. The molecule has 122 valence electrons. The third kappa shape index (κ3) is 5.86. The molecule has 4 N–H and O–H groups in total. The monoisotopic (exact) mass is 306 g/mol. The molecule has 0 aromatic carbocycles.